The van der Waals surface area contributed by atoms with E-state index in [-0.39, 0.29) is 6.10 Å². The van der Waals surface area contributed by atoms with Gasteiger partial charge < -0.3 is 9.47 Å². The highest BCUT2D eigenvalue weighted by atomic mass is 16.7. The normalized spacial score (nSPS) is 39.0. The van der Waals surface area contributed by atoms with Crippen molar-refractivity contribution in [1.29, 1.82) is 0 Å². The first-order valence-electron chi connectivity index (χ1n) is 3.15. The quantitative estimate of drug-likeness (QED) is 0.396. The van der Waals surface area contributed by atoms with E-state index in [2.05, 4.69) is 12.5 Å². The second-order valence-electron chi connectivity index (χ2n) is 2.26. The van der Waals surface area contributed by atoms with Crippen LogP contribution in [0, 0.1) is 12.3 Å². The molecular weight excluding hydrogens is 128 g/mol. The number of terminal acetylenes is 1. The first kappa shape index (κ1) is 7.33. The predicted molar refractivity (Wildman–Crippen MR) is 38.3 cm³/mol. The molecule has 0 spiro atoms. The number of ether oxygens (including phenoxy) is 2. The molecule has 0 aromatic heterocycles. The summed E-state index contributed by atoms with van der Waals surface area (Å²) in [7, 11) is 0. The maximum Gasteiger partial charge on any atom is 0.254 e. The van der Waals surface area contributed by atoms with Crippen molar-refractivity contribution in [3.05, 3.63) is 12.7 Å². The zero-order valence-electron chi connectivity index (χ0n) is 5.96. The minimum absolute atomic E-state index is 0.0639. The molecule has 1 saturated heterocycles. The molecule has 1 heterocycles. The molecule has 1 fully saturated rings. The van der Waals surface area contributed by atoms with E-state index >= 15 is 0 Å². The first-order valence-corrected chi connectivity index (χ1v) is 3.15. The molecule has 1 rings (SSSR count). The molecule has 0 amide bonds. The van der Waals surface area contributed by atoms with Crippen LogP contribution in [0.25, 0.3) is 0 Å². The van der Waals surface area contributed by atoms with Crippen LogP contribution in [0.1, 0.15) is 6.92 Å². The smallest absolute Gasteiger partial charge is 0.254 e. The van der Waals surface area contributed by atoms with E-state index in [0.717, 1.165) is 0 Å². The summed E-state index contributed by atoms with van der Waals surface area (Å²) in [5, 5.41) is 0. The van der Waals surface area contributed by atoms with E-state index in [1.165, 1.54) is 6.08 Å². The molecule has 1 aliphatic heterocycles. The Bertz CT molecular complexity index is 180. The zero-order chi connectivity index (χ0) is 7.61. The summed E-state index contributed by atoms with van der Waals surface area (Å²) in [4.78, 5) is 0. The van der Waals surface area contributed by atoms with Gasteiger partial charge in [0.2, 0.25) is 0 Å². The van der Waals surface area contributed by atoms with Gasteiger partial charge in [-0.3, -0.25) is 0 Å². The molecule has 0 radical (unpaired) electrons. The molecule has 1 aliphatic rings. The van der Waals surface area contributed by atoms with Gasteiger partial charge in [0.25, 0.3) is 5.79 Å². The SMILES string of the molecule is C#CC1(C=C)OC[C@H](C)O1. The third-order valence-electron chi connectivity index (χ3n) is 1.38. The van der Waals surface area contributed by atoms with E-state index in [1.54, 1.807) is 0 Å². The van der Waals surface area contributed by atoms with Crippen LogP contribution in [0.3, 0.4) is 0 Å². The van der Waals surface area contributed by atoms with Gasteiger partial charge in [-0.15, -0.1) is 6.42 Å². The average Bonchev–Trinajstić information content (AvgIpc) is 2.33. The Kier molecular flexibility index (Phi) is 1.80. The molecule has 2 heteroatoms. The number of rotatable bonds is 1. The lowest BCUT2D eigenvalue weighted by Crippen LogP contribution is -2.24. The van der Waals surface area contributed by atoms with E-state index in [4.69, 9.17) is 15.9 Å². The highest BCUT2D eigenvalue weighted by Crippen LogP contribution is 2.23. The van der Waals surface area contributed by atoms with Gasteiger partial charge in [-0.1, -0.05) is 6.58 Å². The van der Waals surface area contributed by atoms with Gasteiger partial charge in [-0.25, -0.2) is 0 Å². The Morgan fingerprint density at radius 2 is 2.60 bits per heavy atom. The first-order chi connectivity index (χ1) is 4.72. The van der Waals surface area contributed by atoms with Gasteiger partial charge >= 0.3 is 0 Å². The summed E-state index contributed by atoms with van der Waals surface area (Å²) in [5.41, 5.74) is 0. The van der Waals surface area contributed by atoms with Crippen molar-refractivity contribution in [3.63, 3.8) is 0 Å². The summed E-state index contributed by atoms with van der Waals surface area (Å²) in [6.45, 7) is 5.97. The van der Waals surface area contributed by atoms with Crippen LogP contribution >= 0.6 is 0 Å². The maximum atomic E-state index is 5.27. The summed E-state index contributed by atoms with van der Waals surface area (Å²) < 4.78 is 10.4. The molecule has 0 saturated carbocycles. The topological polar surface area (TPSA) is 18.5 Å². The van der Waals surface area contributed by atoms with Crippen molar-refractivity contribution in [2.75, 3.05) is 6.61 Å². The second-order valence-corrected chi connectivity index (χ2v) is 2.26. The molecule has 0 N–H and O–H groups in total. The molecule has 1 unspecified atom stereocenters. The number of hydrogen-bond donors (Lipinski definition) is 0. The van der Waals surface area contributed by atoms with Crippen LogP contribution in [0.4, 0.5) is 0 Å². The van der Waals surface area contributed by atoms with Crippen LogP contribution < -0.4 is 0 Å². The molecule has 0 aromatic carbocycles. The van der Waals surface area contributed by atoms with Crippen molar-refractivity contribution < 1.29 is 9.47 Å². The molecule has 0 bridgehead atoms. The minimum atomic E-state index is -0.959. The van der Waals surface area contributed by atoms with Crippen LogP contribution in [0.5, 0.6) is 0 Å². The monoisotopic (exact) mass is 138 g/mol. The van der Waals surface area contributed by atoms with E-state index in [9.17, 15) is 0 Å². The fourth-order valence-corrected chi connectivity index (χ4v) is 0.850. The van der Waals surface area contributed by atoms with Crippen molar-refractivity contribution >= 4 is 0 Å². The molecular formula is C8H10O2. The third-order valence-corrected chi connectivity index (χ3v) is 1.38. The van der Waals surface area contributed by atoms with E-state index < -0.39 is 5.79 Å². The molecule has 0 aromatic rings. The fraction of sp³-hybridized carbons (Fsp3) is 0.500. The average molecular weight is 138 g/mol. The lowest BCUT2D eigenvalue weighted by Gasteiger charge is -2.15. The van der Waals surface area contributed by atoms with Crippen LogP contribution in [0.2, 0.25) is 0 Å². The standard InChI is InChI=1S/C8H10O2/c1-4-8(5-2)9-6-7(3)10-8/h1,5,7H,2,6H2,3H3/t7-,8?/m0/s1. The number of hydrogen-bond acceptors (Lipinski definition) is 2. The Labute approximate surface area is 60.8 Å². The van der Waals surface area contributed by atoms with Gasteiger partial charge in [-0.2, -0.15) is 0 Å². The van der Waals surface area contributed by atoms with E-state index in [0.29, 0.717) is 6.61 Å². The van der Waals surface area contributed by atoms with Crippen LogP contribution in [-0.4, -0.2) is 18.5 Å². The summed E-state index contributed by atoms with van der Waals surface area (Å²) in [6, 6.07) is 0. The molecule has 0 aliphatic carbocycles. The van der Waals surface area contributed by atoms with Gasteiger partial charge in [0.1, 0.15) is 0 Å². The van der Waals surface area contributed by atoms with Crippen molar-refractivity contribution in [2.24, 2.45) is 0 Å². The fourth-order valence-electron chi connectivity index (χ4n) is 0.850. The molecule has 2 nitrogen and oxygen atoms in total. The highest BCUT2D eigenvalue weighted by Gasteiger charge is 2.34. The summed E-state index contributed by atoms with van der Waals surface area (Å²) in [6.07, 6.45) is 6.73. The third kappa shape index (κ3) is 1.06. The zero-order valence-corrected chi connectivity index (χ0v) is 5.96. The minimum Gasteiger partial charge on any atom is -0.334 e. The molecule has 10 heavy (non-hydrogen) atoms. The Morgan fingerprint density at radius 1 is 1.90 bits per heavy atom. The van der Waals surface area contributed by atoms with Gasteiger partial charge in [0.05, 0.1) is 12.7 Å². The maximum absolute atomic E-state index is 5.27. The predicted octanol–water partition coefficient (Wildman–Crippen LogP) is 0.937. The molecule has 2 atom stereocenters. The Balaban J connectivity index is 2.71. The van der Waals surface area contributed by atoms with Crippen LogP contribution in [-0.2, 0) is 9.47 Å². The lowest BCUT2D eigenvalue weighted by molar-refractivity contribution is -0.0777. The summed E-state index contributed by atoms with van der Waals surface area (Å²) in [5.74, 6) is 1.44. The van der Waals surface area contributed by atoms with Gasteiger partial charge in [0, 0.05) is 0 Å². The summed E-state index contributed by atoms with van der Waals surface area (Å²) >= 11 is 0. The largest absolute Gasteiger partial charge is 0.334 e. The second kappa shape index (κ2) is 2.45. The lowest BCUT2D eigenvalue weighted by atomic mass is 10.3. The van der Waals surface area contributed by atoms with Crippen molar-refractivity contribution in [3.8, 4) is 12.3 Å². The van der Waals surface area contributed by atoms with E-state index in [1.807, 2.05) is 6.92 Å². The van der Waals surface area contributed by atoms with Gasteiger partial charge in [-0.05, 0) is 18.9 Å². The van der Waals surface area contributed by atoms with Crippen molar-refractivity contribution in [1.82, 2.24) is 0 Å². The van der Waals surface area contributed by atoms with Crippen LogP contribution in [0.15, 0.2) is 12.7 Å². The Hall–Kier alpha value is -0.780. The molecule has 54 valence electrons. The highest BCUT2D eigenvalue weighted by molar-refractivity contribution is 5.14. The van der Waals surface area contributed by atoms with Gasteiger partial charge in [0.15, 0.2) is 0 Å². The Morgan fingerprint density at radius 3 is 2.80 bits per heavy atom. The van der Waals surface area contributed by atoms with Crippen molar-refractivity contribution in [2.45, 2.75) is 18.8 Å².